The lowest BCUT2D eigenvalue weighted by molar-refractivity contribution is 0.318. The number of phenolic OH excluding ortho intramolecular Hbond substituents is 2. The Kier molecular flexibility index (Phi) is 6.67. The molecule has 0 fully saturated rings. The second-order valence-corrected chi connectivity index (χ2v) is 6.02. The summed E-state index contributed by atoms with van der Waals surface area (Å²) in [5.74, 6) is 0.0123. The highest BCUT2D eigenvalue weighted by Gasteiger charge is 2.15. The first-order valence-electron chi connectivity index (χ1n) is 8.45. The number of aromatic hydroxyl groups is 2. The minimum atomic E-state index is -0.0754. The fourth-order valence-electron chi connectivity index (χ4n) is 2.77. The van der Waals surface area contributed by atoms with Crippen molar-refractivity contribution < 1.29 is 15.4 Å². The zero-order chi connectivity index (χ0) is 17.4. The lowest BCUT2D eigenvalue weighted by Gasteiger charge is -2.12. The summed E-state index contributed by atoms with van der Waals surface area (Å²) in [5.41, 5.74) is 2.61. The molecule has 0 unspecified atom stereocenters. The molecular formula is C20H25NO3. The van der Waals surface area contributed by atoms with E-state index in [1.54, 1.807) is 6.07 Å². The maximum atomic E-state index is 10.2. The van der Waals surface area contributed by atoms with E-state index >= 15 is 0 Å². The van der Waals surface area contributed by atoms with Gasteiger partial charge in [-0.25, -0.2) is 0 Å². The minimum Gasteiger partial charge on any atom is -0.508 e. The van der Waals surface area contributed by atoms with Crippen LogP contribution in [0.2, 0.25) is 0 Å². The third-order valence-electron chi connectivity index (χ3n) is 4.14. The highest BCUT2D eigenvalue weighted by Crippen LogP contribution is 2.30. The molecule has 24 heavy (non-hydrogen) atoms. The number of oxime groups is 1. The van der Waals surface area contributed by atoms with Gasteiger partial charge in [0, 0.05) is 18.1 Å². The summed E-state index contributed by atoms with van der Waals surface area (Å²) in [7, 11) is 0. The first-order valence-corrected chi connectivity index (χ1v) is 8.45. The van der Waals surface area contributed by atoms with Crippen LogP contribution in [0.4, 0.5) is 0 Å². The van der Waals surface area contributed by atoms with Gasteiger partial charge in [0.1, 0.15) is 11.5 Å². The summed E-state index contributed by atoms with van der Waals surface area (Å²) in [5, 5.41) is 33.0. The van der Waals surface area contributed by atoms with E-state index in [9.17, 15) is 15.4 Å². The van der Waals surface area contributed by atoms with E-state index in [1.165, 1.54) is 12.5 Å². The quantitative estimate of drug-likeness (QED) is 0.286. The van der Waals surface area contributed by atoms with E-state index in [2.05, 4.69) is 12.1 Å². The average Bonchev–Trinajstić information content (AvgIpc) is 2.59. The molecule has 0 radical (unpaired) electrons. The molecular weight excluding hydrogens is 302 g/mol. The van der Waals surface area contributed by atoms with Crippen LogP contribution in [0.25, 0.3) is 0 Å². The molecule has 0 saturated carbocycles. The Hall–Kier alpha value is -2.49. The average molecular weight is 327 g/mol. The van der Waals surface area contributed by atoms with Crippen LogP contribution in [0.5, 0.6) is 11.5 Å². The largest absolute Gasteiger partial charge is 0.508 e. The zero-order valence-electron chi connectivity index (χ0n) is 14.1. The maximum Gasteiger partial charge on any atom is 0.128 e. The van der Waals surface area contributed by atoms with Crippen molar-refractivity contribution in [2.75, 3.05) is 0 Å². The maximum absolute atomic E-state index is 10.2. The van der Waals surface area contributed by atoms with Crippen molar-refractivity contribution in [3.8, 4) is 11.5 Å². The van der Waals surface area contributed by atoms with Crippen molar-refractivity contribution in [1.29, 1.82) is 0 Å². The van der Waals surface area contributed by atoms with Crippen molar-refractivity contribution in [2.45, 2.75) is 45.4 Å². The molecule has 4 heteroatoms. The van der Waals surface area contributed by atoms with Crippen molar-refractivity contribution >= 4 is 5.71 Å². The van der Waals surface area contributed by atoms with Crippen molar-refractivity contribution in [2.24, 2.45) is 5.16 Å². The molecule has 0 heterocycles. The van der Waals surface area contributed by atoms with Crippen LogP contribution in [0.1, 0.15) is 49.3 Å². The number of benzene rings is 2. The smallest absolute Gasteiger partial charge is 0.128 e. The van der Waals surface area contributed by atoms with E-state index in [4.69, 9.17) is 0 Å². The Morgan fingerprint density at radius 2 is 1.71 bits per heavy atom. The lowest BCUT2D eigenvalue weighted by atomic mass is 9.97. The Labute approximate surface area is 143 Å². The fraction of sp³-hybridized carbons (Fsp3) is 0.350. The summed E-state index contributed by atoms with van der Waals surface area (Å²) in [6.07, 6.45) is 5.56. The number of hydrogen-bond donors (Lipinski definition) is 3. The van der Waals surface area contributed by atoms with Crippen molar-refractivity contribution in [1.82, 2.24) is 0 Å². The van der Waals surface area contributed by atoms with Crippen LogP contribution in [-0.4, -0.2) is 21.1 Å². The van der Waals surface area contributed by atoms with Crippen LogP contribution in [0.15, 0.2) is 47.6 Å². The molecule has 0 bridgehead atoms. The predicted molar refractivity (Wildman–Crippen MR) is 96.1 cm³/mol. The molecule has 0 aromatic heterocycles. The SMILES string of the molecule is CCCCCCc1cc(/C(Cc2ccccc2)=N/O)c(O)cc1O. The third-order valence-corrected chi connectivity index (χ3v) is 4.14. The fourth-order valence-corrected chi connectivity index (χ4v) is 2.77. The summed E-state index contributed by atoms with van der Waals surface area (Å²) in [4.78, 5) is 0. The van der Waals surface area contributed by atoms with Gasteiger partial charge in [-0.3, -0.25) is 0 Å². The molecule has 2 rings (SSSR count). The normalized spacial score (nSPS) is 11.6. The van der Waals surface area contributed by atoms with E-state index in [-0.39, 0.29) is 11.5 Å². The number of nitrogens with zero attached hydrogens (tertiary/aromatic N) is 1. The van der Waals surface area contributed by atoms with Crippen LogP contribution >= 0.6 is 0 Å². The van der Waals surface area contributed by atoms with E-state index in [0.29, 0.717) is 17.7 Å². The van der Waals surface area contributed by atoms with Crippen LogP contribution in [0, 0.1) is 0 Å². The van der Waals surface area contributed by atoms with Gasteiger partial charge in [-0.05, 0) is 30.0 Å². The molecule has 0 aliphatic heterocycles. The van der Waals surface area contributed by atoms with Crippen LogP contribution in [-0.2, 0) is 12.8 Å². The van der Waals surface area contributed by atoms with E-state index in [0.717, 1.165) is 36.8 Å². The molecule has 0 aliphatic rings. The Morgan fingerprint density at radius 1 is 0.958 bits per heavy atom. The topological polar surface area (TPSA) is 73.1 Å². The van der Waals surface area contributed by atoms with E-state index < -0.39 is 0 Å². The molecule has 0 amide bonds. The Bertz CT molecular complexity index is 681. The molecule has 4 nitrogen and oxygen atoms in total. The summed E-state index contributed by atoms with van der Waals surface area (Å²) < 4.78 is 0. The summed E-state index contributed by atoms with van der Waals surface area (Å²) >= 11 is 0. The molecule has 0 atom stereocenters. The van der Waals surface area contributed by atoms with Gasteiger partial charge in [-0.2, -0.15) is 0 Å². The van der Waals surface area contributed by atoms with Crippen molar-refractivity contribution in [3.05, 3.63) is 59.2 Å². The molecule has 128 valence electrons. The first kappa shape index (κ1) is 17.9. The second-order valence-electron chi connectivity index (χ2n) is 6.02. The highest BCUT2D eigenvalue weighted by atomic mass is 16.4. The molecule has 0 aliphatic carbocycles. The third kappa shape index (κ3) is 4.75. The van der Waals surface area contributed by atoms with Gasteiger partial charge in [0.25, 0.3) is 0 Å². The summed E-state index contributed by atoms with van der Waals surface area (Å²) in [6.45, 7) is 2.16. The van der Waals surface area contributed by atoms with E-state index in [1.807, 2.05) is 30.3 Å². The van der Waals surface area contributed by atoms with Crippen molar-refractivity contribution in [3.63, 3.8) is 0 Å². The monoisotopic (exact) mass is 327 g/mol. The number of aryl methyl sites for hydroxylation is 1. The molecule has 2 aromatic carbocycles. The van der Waals surface area contributed by atoms with Gasteiger partial charge >= 0.3 is 0 Å². The first-order chi connectivity index (χ1) is 11.7. The highest BCUT2D eigenvalue weighted by molar-refractivity contribution is 6.04. The molecule has 3 N–H and O–H groups in total. The van der Waals surface area contributed by atoms with Crippen LogP contribution < -0.4 is 0 Å². The molecule has 0 saturated heterocycles. The summed E-state index contributed by atoms with van der Waals surface area (Å²) in [6, 6.07) is 12.7. The van der Waals surface area contributed by atoms with Gasteiger partial charge in [0.15, 0.2) is 0 Å². The van der Waals surface area contributed by atoms with Gasteiger partial charge < -0.3 is 15.4 Å². The van der Waals surface area contributed by atoms with Gasteiger partial charge in [-0.1, -0.05) is 61.7 Å². The zero-order valence-corrected chi connectivity index (χ0v) is 14.1. The molecule has 2 aromatic rings. The Morgan fingerprint density at radius 3 is 2.38 bits per heavy atom. The minimum absolute atomic E-state index is 0.0754. The van der Waals surface area contributed by atoms with Gasteiger partial charge in [-0.15, -0.1) is 0 Å². The number of hydrogen-bond acceptors (Lipinski definition) is 4. The van der Waals surface area contributed by atoms with Gasteiger partial charge in [0.05, 0.1) is 5.71 Å². The standard InChI is InChI=1S/C20H25NO3/c1-2-3-4-8-11-16-13-17(20(23)14-19(16)22)18(21-24)12-15-9-6-5-7-10-15/h5-7,9-10,13-14,22-24H,2-4,8,11-12H2,1H3/b21-18+. The Balaban J connectivity index is 2.21. The predicted octanol–water partition coefficient (Wildman–Crippen LogP) is 4.64. The lowest BCUT2D eigenvalue weighted by Crippen LogP contribution is -2.07. The van der Waals surface area contributed by atoms with Crippen LogP contribution in [0.3, 0.4) is 0 Å². The van der Waals surface area contributed by atoms with Gasteiger partial charge in [0.2, 0.25) is 0 Å². The number of phenols is 2. The number of unbranched alkanes of at least 4 members (excludes halogenated alkanes) is 3. The number of rotatable bonds is 8. The second kappa shape index (κ2) is 8.96. The molecule has 0 spiro atoms.